The van der Waals surface area contributed by atoms with Crippen LogP contribution in [0.25, 0.3) is 0 Å². The fourth-order valence-electron chi connectivity index (χ4n) is 3.92. The minimum atomic E-state index is 0.348. The number of rotatable bonds is 6. The van der Waals surface area contributed by atoms with Gasteiger partial charge in [-0.05, 0) is 57.7 Å². The van der Waals surface area contributed by atoms with Crippen molar-refractivity contribution in [1.29, 1.82) is 0 Å². The number of ether oxygens (including phenoxy) is 1. The van der Waals surface area contributed by atoms with Gasteiger partial charge in [-0.2, -0.15) is 0 Å². The summed E-state index contributed by atoms with van der Waals surface area (Å²) in [7, 11) is 1.86. The average molecular weight is 254 g/mol. The monoisotopic (exact) mass is 254 g/mol. The molecule has 2 rings (SSSR count). The zero-order valence-corrected chi connectivity index (χ0v) is 12.2. The SMILES string of the molecule is CCCC1(COC)CCCN1CC1CCCNC1. The van der Waals surface area contributed by atoms with E-state index in [2.05, 4.69) is 17.1 Å². The normalized spacial score (nSPS) is 34.0. The Morgan fingerprint density at radius 1 is 1.39 bits per heavy atom. The van der Waals surface area contributed by atoms with E-state index in [-0.39, 0.29) is 0 Å². The standard InChI is InChI=1S/C15H30N2O/c1-3-7-15(13-18-2)8-5-10-17(15)12-14-6-4-9-16-11-14/h14,16H,3-13H2,1-2H3. The third-order valence-electron chi connectivity index (χ3n) is 4.75. The zero-order chi connectivity index (χ0) is 12.8. The first kappa shape index (κ1) is 14.3. The predicted molar refractivity (Wildman–Crippen MR) is 75.9 cm³/mol. The van der Waals surface area contributed by atoms with Crippen molar-refractivity contribution in [3.05, 3.63) is 0 Å². The smallest absolute Gasteiger partial charge is 0.0646 e. The highest BCUT2D eigenvalue weighted by molar-refractivity contribution is 4.96. The molecule has 18 heavy (non-hydrogen) atoms. The molecule has 0 aromatic rings. The number of hydrogen-bond donors (Lipinski definition) is 1. The summed E-state index contributed by atoms with van der Waals surface area (Å²) in [5.41, 5.74) is 0.348. The Balaban J connectivity index is 1.95. The van der Waals surface area contributed by atoms with Crippen molar-refractivity contribution in [3.8, 4) is 0 Å². The average Bonchev–Trinajstić information content (AvgIpc) is 2.75. The molecule has 0 bridgehead atoms. The van der Waals surface area contributed by atoms with Crippen LogP contribution in [0.3, 0.4) is 0 Å². The molecule has 2 aliphatic heterocycles. The van der Waals surface area contributed by atoms with E-state index >= 15 is 0 Å². The Bertz CT molecular complexity index is 233. The van der Waals surface area contributed by atoms with Crippen molar-refractivity contribution >= 4 is 0 Å². The molecule has 106 valence electrons. The first-order valence-electron chi connectivity index (χ1n) is 7.75. The van der Waals surface area contributed by atoms with E-state index in [1.807, 2.05) is 7.11 Å². The highest BCUT2D eigenvalue weighted by atomic mass is 16.5. The quantitative estimate of drug-likeness (QED) is 0.787. The van der Waals surface area contributed by atoms with Crippen molar-refractivity contribution in [2.75, 3.05) is 39.9 Å². The van der Waals surface area contributed by atoms with E-state index in [1.165, 1.54) is 64.7 Å². The second kappa shape index (κ2) is 6.88. The summed E-state index contributed by atoms with van der Waals surface area (Å²) in [4.78, 5) is 2.75. The van der Waals surface area contributed by atoms with E-state index in [4.69, 9.17) is 4.74 Å². The molecule has 3 nitrogen and oxygen atoms in total. The Morgan fingerprint density at radius 3 is 2.94 bits per heavy atom. The number of nitrogens with zero attached hydrogens (tertiary/aromatic N) is 1. The van der Waals surface area contributed by atoms with Gasteiger partial charge in [0.25, 0.3) is 0 Å². The molecule has 0 amide bonds. The molecule has 0 aromatic carbocycles. The first-order valence-corrected chi connectivity index (χ1v) is 7.75. The molecule has 0 aliphatic carbocycles. The first-order chi connectivity index (χ1) is 8.80. The molecule has 2 saturated heterocycles. The minimum absolute atomic E-state index is 0.348. The van der Waals surface area contributed by atoms with Gasteiger partial charge in [0.15, 0.2) is 0 Å². The lowest BCUT2D eigenvalue weighted by molar-refractivity contribution is 0.0204. The van der Waals surface area contributed by atoms with Crippen molar-refractivity contribution in [3.63, 3.8) is 0 Å². The van der Waals surface area contributed by atoms with Gasteiger partial charge >= 0.3 is 0 Å². The predicted octanol–water partition coefficient (Wildman–Crippen LogP) is 2.27. The highest BCUT2D eigenvalue weighted by Crippen LogP contribution is 2.35. The molecule has 2 heterocycles. The molecule has 3 heteroatoms. The van der Waals surface area contributed by atoms with Gasteiger partial charge in [0.05, 0.1) is 6.61 Å². The van der Waals surface area contributed by atoms with E-state index in [1.54, 1.807) is 0 Å². The lowest BCUT2D eigenvalue weighted by atomic mass is 9.89. The second-order valence-electron chi connectivity index (χ2n) is 6.17. The van der Waals surface area contributed by atoms with Gasteiger partial charge < -0.3 is 10.1 Å². The van der Waals surface area contributed by atoms with Gasteiger partial charge in [-0.1, -0.05) is 13.3 Å². The number of piperidine rings is 1. The molecular weight excluding hydrogens is 224 g/mol. The molecule has 2 fully saturated rings. The van der Waals surface area contributed by atoms with Crippen molar-refractivity contribution in [2.45, 2.75) is 51.0 Å². The largest absolute Gasteiger partial charge is 0.383 e. The molecule has 0 saturated carbocycles. The zero-order valence-electron chi connectivity index (χ0n) is 12.2. The van der Waals surface area contributed by atoms with Crippen molar-refractivity contribution < 1.29 is 4.74 Å². The van der Waals surface area contributed by atoms with Gasteiger partial charge in [0, 0.05) is 19.2 Å². The number of likely N-dealkylation sites (tertiary alicyclic amines) is 1. The van der Waals surface area contributed by atoms with Gasteiger partial charge in [0.1, 0.15) is 0 Å². The highest BCUT2D eigenvalue weighted by Gasteiger charge is 2.40. The van der Waals surface area contributed by atoms with E-state index in [9.17, 15) is 0 Å². The number of methoxy groups -OCH3 is 1. The van der Waals surface area contributed by atoms with Crippen LogP contribution in [0.2, 0.25) is 0 Å². The third-order valence-corrected chi connectivity index (χ3v) is 4.75. The summed E-state index contributed by atoms with van der Waals surface area (Å²) < 4.78 is 5.54. The van der Waals surface area contributed by atoms with Crippen LogP contribution in [0.15, 0.2) is 0 Å². The van der Waals surface area contributed by atoms with E-state index < -0.39 is 0 Å². The molecule has 2 atom stereocenters. The molecular formula is C15H30N2O. The van der Waals surface area contributed by atoms with E-state index in [0.717, 1.165) is 12.5 Å². The fourth-order valence-corrected chi connectivity index (χ4v) is 3.92. The van der Waals surface area contributed by atoms with Crippen LogP contribution in [-0.2, 0) is 4.74 Å². The maximum Gasteiger partial charge on any atom is 0.0646 e. The van der Waals surface area contributed by atoms with Crippen LogP contribution < -0.4 is 5.32 Å². The molecule has 2 unspecified atom stereocenters. The van der Waals surface area contributed by atoms with Crippen LogP contribution in [0.1, 0.15) is 45.4 Å². The maximum absolute atomic E-state index is 5.54. The van der Waals surface area contributed by atoms with Crippen LogP contribution in [0.5, 0.6) is 0 Å². The Kier molecular flexibility index (Phi) is 5.46. The van der Waals surface area contributed by atoms with Gasteiger partial charge in [0.2, 0.25) is 0 Å². The third kappa shape index (κ3) is 3.25. The lowest BCUT2D eigenvalue weighted by Gasteiger charge is -2.40. The van der Waals surface area contributed by atoms with E-state index in [0.29, 0.717) is 5.54 Å². The molecule has 0 aromatic heterocycles. The van der Waals surface area contributed by atoms with Crippen molar-refractivity contribution in [1.82, 2.24) is 10.2 Å². The molecule has 1 N–H and O–H groups in total. The number of nitrogens with one attached hydrogen (secondary N) is 1. The van der Waals surface area contributed by atoms with Gasteiger partial charge in [-0.15, -0.1) is 0 Å². The Hall–Kier alpha value is -0.120. The summed E-state index contributed by atoms with van der Waals surface area (Å²) in [5.74, 6) is 0.852. The molecule has 0 spiro atoms. The summed E-state index contributed by atoms with van der Waals surface area (Å²) in [6.45, 7) is 8.20. The summed E-state index contributed by atoms with van der Waals surface area (Å²) in [5, 5.41) is 3.54. The lowest BCUT2D eigenvalue weighted by Crippen LogP contribution is -2.50. The molecule has 2 aliphatic rings. The maximum atomic E-state index is 5.54. The van der Waals surface area contributed by atoms with Crippen LogP contribution in [0, 0.1) is 5.92 Å². The second-order valence-corrected chi connectivity index (χ2v) is 6.17. The molecule has 0 radical (unpaired) electrons. The van der Waals surface area contributed by atoms with Crippen LogP contribution in [-0.4, -0.2) is 50.3 Å². The summed E-state index contributed by atoms with van der Waals surface area (Å²) in [6, 6.07) is 0. The summed E-state index contributed by atoms with van der Waals surface area (Å²) >= 11 is 0. The number of hydrogen-bond acceptors (Lipinski definition) is 3. The summed E-state index contributed by atoms with van der Waals surface area (Å²) in [6.07, 6.45) is 7.99. The van der Waals surface area contributed by atoms with Crippen LogP contribution >= 0.6 is 0 Å². The topological polar surface area (TPSA) is 24.5 Å². The fraction of sp³-hybridized carbons (Fsp3) is 1.00. The van der Waals surface area contributed by atoms with Crippen molar-refractivity contribution in [2.24, 2.45) is 5.92 Å². The Labute approximate surface area is 112 Å². The van der Waals surface area contributed by atoms with Gasteiger partial charge in [-0.25, -0.2) is 0 Å². The minimum Gasteiger partial charge on any atom is -0.383 e. The Morgan fingerprint density at radius 2 is 2.28 bits per heavy atom. The van der Waals surface area contributed by atoms with Crippen LogP contribution in [0.4, 0.5) is 0 Å². The van der Waals surface area contributed by atoms with Gasteiger partial charge in [-0.3, -0.25) is 4.90 Å².